The summed E-state index contributed by atoms with van der Waals surface area (Å²) in [4.78, 5) is 10.5. The molecular formula is C29H40N9O2+. The van der Waals surface area contributed by atoms with Crippen LogP contribution in [-0.4, -0.2) is 91.3 Å². The summed E-state index contributed by atoms with van der Waals surface area (Å²) in [6.07, 6.45) is 5.32. The maximum atomic E-state index is 9.33. The topological polar surface area (TPSA) is 143 Å². The van der Waals surface area contributed by atoms with Crippen LogP contribution < -0.4 is 25.8 Å². The van der Waals surface area contributed by atoms with Crippen molar-refractivity contribution in [2.75, 3.05) is 75.1 Å². The number of nitrogens with one attached hydrogen (secondary N) is 3. The predicted molar refractivity (Wildman–Crippen MR) is 162 cm³/mol. The number of hydrogen-bond acceptors (Lipinski definition) is 9. The van der Waals surface area contributed by atoms with Gasteiger partial charge in [-0.1, -0.05) is 6.07 Å². The Morgan fingerprint density at radius 1 is 1.02 bits per heavy atom. The lowest BCUT2D eigenvalue weighted by molar-refractivity contribution is -0.856. The molecule has 0 spiro atoms. The third kappa shape index (κ3) is 6.68. The number of quaternary nitrogens is 1. The number of nitrogens with zero attached hydrogens (tertiary/aromatic N) is 5. The van der Waals surface area contributed by atoms with Crippen LogP contribution in [0.2, 0.25) is 0 Å². The van der Waals surface area contributed by atoms with Crippen LogP contribution in [0.25, 0.3) is 5.52 Å². The standard InChI is InChI=1S/C29H39N9O2/c1-4-36(14-13-35(2)3)29-28(27-7-5-6-12-38(27)34-29)33-26-20-25(23(30)19-24(26)31)32-21-8-10-22(11-9-21)37(15-17-39)16-18-40/h5-12,19-20,30,32,39-40H,4,13-18,31H2,1-3H3/p+1. The van der Waals surface area contributed by atoms with Gasteiger partial charge in [0, 0.05) is 37.2 Å². The number of aliphatic imine (C=N–C) groups is 1. The van der Waals surface area contributed by atoms with Gasteiger partial charge < -0.3 is 36.0 Å². The number of fused-ring (bicyclic) bond motifs is 1. The lowest BCUT2D eigenvalue weighted by Crippen LogP contribution is -3.06. The second-order valence-electron chi connectivity index (χ2n) is 9.91. The van der Waals surface area contributed by atoms with Gasteiger partial charge in [0.05, 0.1) is 68.7 Å². The average Bonchev–Trinajstić information content (AvgIpc) is 3.30. The van der Waals surface area contributed by atoms with E-state index < -0.39 is 0 Å². The minimum Gasteiger partial charge on any atom is -0.397 e. The number of allylic oxidation sites excluding steroid dienone is 2. The average molecular weight is 547 g/mol. The normalized spacial score (nSPS) is 14.6. The van der Waals surface area contributed by atoms with Crippen molar-refractivity contribution in [1.29, 1.82) is 5.41 Å². The highest BCUT2D eigenvalue weighted by molar-refractivity contribution is 6.24. The van der Waals surface area contributed by atoms with Gasteiger partial charge in [0.25, 0.3) is 0 Å². The van der Waals surface area contributed by atoms with E-state index in [9.17, 15) is 10.2 Å². The van der Waals surface area contributed by atoms with Crippen molar-refractivity contribution in [3.63, 3.8) is 0 Å². The summed E-state index contributed by atoms with van der Waals surface area (Å²) < 4.78 is 1.84. The van der Waals surface area contributed by atoms with Crippen molar-refractivity contribution in [3.05, 3.63) is 72.2 Å². The molecule has 1 aliphatic rings. The lowest BCUT2D eigenvalue weighted by Gasteiger charge is -2.23. The Morgan fingerprint density at radius 3 is 2.40 bits per heavy atom. The molecule has 7 N–H and O–H groups in total. The molecule has 0 unspecified atom stereocenters. The van der Waals surface area contributed by atoms with Gasteiger partial charge in [0.15, 0.2) is 5.82 Å². The molecule has 11 heteroatoms. The monoisotopic (exact) mass is 546 g/mol. The third-order valence-electron chi connectivity index (χ3n) is 6.71. The second kappa shape index (κ2) is 13.2. The first-order valence-electron chi connectivity index (χ1n) is 13.6. The van der Waals surface area contributed by atoms with Crippen molar-refractivity contribution >= 4 is 39.8 Å². The quantitative estimate of drug-likeness (QED) is 0.176. The highest BCUT2D eigenvalue weighted by Gasteiger charge is 2.21. The molecule has 4 rings (SSSR count). The summed E-state index contributed by atoms with van der Waals surface area (Å²) in [6.45, 7) is 5.57. The number of benzene rings is 1. The van der Waals surface area contributed by atoms with Gasteiger partial charge >= 0.3 is 0 Å². The molecule has 0 saturated heterocycles. The van der Waals surface area contributed by atoms with Gasteiger partial charge in [-0.25, -0.2) is 9.51 Å². The van der Waals surface area contributed by atoms with E-state index in [1.54, 1.807) is 12.2 Å². The van der Waals surface area contributed by atoms with E-state index in [1.165, 1.54) is 4.90 Å². The van der Waals surface area contributed by atoms with E-state index in [1.807, 2.05) is 58.1 Å². The number of aromatic nitrogens is 2. The first-order chi connectivity index (χ1) is 19.3. The molecule has 0 bridgehead atoms. The molecule has 0 aliphatic heterocycles. The van der Waals surface area contributed by atoms with Crippen LogP contribution in [0.5, 0.6) is 0 Å². The van der Waals surface area contributed by atoms with Gasteiger partial charge in [-0.2, -0.15) is 0 Å². The second-order valence-corrected chi connectivity index (χ2v) is 9.91. The zero-order chi connectivity index (χ0) is 28.6. The molecule has 0 radical (unpaired) electrons. The molecule has 1 aromatic carbocycles. The van der Waals surface area contributed by atoms with Gasteiger partial charge in [0.2, 0.25) is 0 Å². The summed E-state index contributed by atoms with van der Waals surface area (Å²) in [6, 6.07) is 13.5. The number of nitrogens with two attached hydrogens (primary N) is 1. The van der Waals surface area contributed by atoms with E-state index in [2.05, 4.69) is 31.2 Å². The Hall–Kier alpha value is -4.19. The molecule has 0 saturated carbocycles. The minimum absolute atomic E-state index is 0.00103. The van der Waals surface area contributed by atoms with E-state index >= 15 is 0 Å². The molecule has 11 nitrogen and oxygen atoms in total. The smallest absolute Gasteiger partial charge is 0.177 e. The van der Waals surface area contributed by atoms with E-state index in [4.69, 9.17) is 21.2 Å². The van der Waals surface area contributed by atoms with Gasteiger partial charge in [0.1, 0.15) is 5.69 Å². The lowest BCUT2D eigenvalue weighted by atomic mass is 10.0. The molecule has 0 amide bonds. The van der Waals surface area contributed by atoms with Crippen LogP contribution in [0.15, 0.2) is 77.2 Å². The van der Waals surface area contributed by atoms with Crippen LogP contribution >= 0.6 is 0 Å². The first-order valence-corrected chi connectivity index (χ1v) is 13.6. The van der Waals surface area contributed by atoms with Crippen LogP contribution in [0, 0.1) is 5.41 Å². The van der Waals surface area contributed by atoms with Gasteiger partial charge in [-0.15, -0.1) is 5.10 Å². The molecule has 1 aliphatic carbocycles. The summed E-state index contributed by atoms with van der Waals surface area (Å²) >= 11 is 0. The number of pyridine rings is 1. The predicted octanol–water partition coefficient (Wildman–Crippen LogP) is 1.04. The number of rotatable bonds is 13. The molecule has 0 atom stereocenters. The number of hydrogen-bond donors (Lipinski definition) is 6. The first kappa shape index (κ1) is 28.8. The van der Waals surface area contributed by atoms with Crippen molar-refractivity contribution < 1.29 is 15.1 Å². The van der Waals surface area contributed by atoms with Crippen LogP contribution in [-0.2, 0) is 0 Å². The molecule has 2 aromatic heterocycles. The van der Waals surface area contributed by atoms with Crippen molar-refractivity contribution in [2.24, 2.45) is 10.7 Å². The van der Waals surface area contributed by atoms with Crippen molar-refractivity contribution in [1.82, 2.24) is 9.61 Å². The van der Waals surface area contributed by atoms with E-state index in [0.29, 0.717) is 30.2 Å². The van der Waals surface area contributed by atoms with Crippen LogP contribution in [0.3, 0.4) is 0 Å². The number of likely N-dealkylation sites (N-methyl/N-ethyl adjacent to an activating group) is 2. The maximum Gasteiger partial charge on any atom is 0.177 e. The molecule has 40 heavy (non-hydrogen) atoms. The highest BCUT2D eigenvalue weighted by Crippen LogP contribution is 2.33. The van der Waals surface area contributed by atoms with Crippen LogP contribution in [0.1, 0.15) is 6.92 Å². The molecule has 2 heterocycles. The zero-order valence-electron chi connectivity index (χ0n) is 23.4. The Labute approximate surface area is 235 Å². The fourth-order valence-corrected chi connectivity index (χ4v) is 4.51. The number of aliphatic hydroxyl groups is 2. The largest absolute Gasteiger partial charge is 0.397 e. The Kier molecular flexibility index (Phi) is 9.54. The van der Waals surface area contributed by atoms with Crippen LogP contribution in [0.4, 0.5) is 22.9 Å². The molecule has 0 fully saturated rings. The van der Waals surface area contributed by atoms with Crippen molar-refractivity contribution in [3.8, 4) is 0 Å². The van der Waals surface area contributed by atoms with E-state index in [-0.39, 0.29) is 18.9 Å². The van der Waals surface area contributed by atoms with Gasteiger partial charge in [-0.3, -0.25) is 5.41 Å². The number of aliphatic hydroxyl groups excluding tert-OH is 2. The summed E-state index contributed by atoms with van der Waals surface area (Å²) in [7, 11) is 4.27. The fourth-order valence-electron chi connectivity index (χ4n) is 4.51. The highest BCUT2D eigenvalue weighted by atomic mass is 16.3. The van der Waals surface area contributed by atoms with Gasteiger partial charge in [-0.05, 0) is 55.5 Å². The molecule has 3 aromatic rings. The maximum absolute atomic E-state index is 9.33. The SMILES string of the molecule is CCN(CC[NH+](C)C)c1nn2ccccc2c1N=C1C=C(Nc2ccc(N(CCO)CCO)cc2)C(=N)C=C1N. The summed E-state index contributed by atoms with van der Waals surface area (Å²) in [5.41, 5.74) is 11.5. The van der Waals surface area contributed by atoms with E-state index in [0.717, 1.165) is 48.0 Å². The fraction of sp³-hybridized carbons (Fsp3) is 0.345. The minimum atomic E-state index is 0.00103. The zero-order valence-corrected chi connectivity index (χ0v) is 23.4. The Balaban J connectivity index is 1.66. The summed E-state index contributed by atoms with van der Waals surface area (Å²) in [5, 5.41) is 35.3. The Bertz CT molecular complexity index is 1400. The molecule has 212 valence electrons. The summed E-state index contributed by atoms with van der Waals surface area (Å²) in [5.74, 6) is 0.796. The molecular weight excluding hydrogens is 506 g/mol. The van der Waals surface area contributed by atoms with Crippen molar-refractivity contribution in [2.45, 2.75) is 6.92 Å². The Morgan fingerprint density at radius 2 is 1.75 bits per heavy atom. The number of anilines is 3. The third-order valence-corrected chi connectivity index (χ3v) is 6.71.